The first-order chi connectivity index (χ1) is 12.0. The fraction of sp³-hybridized carbons (Fsp3) is 0.944. The molecular weight excluding hydrogens is 326 g/mol. The summed E-state index contributed by atoms with van der Waals surface area (Å²) in [4.78, 5) is 13.6. The summed E-state index contributed by atoms with van der Waals surface area (Å²) in [6, 6.07) is -0.871. The van der Waals surface area contributed by atoms with E-state index in [0.717, 1.165) is 25.7 Å². The molecule has 0 aromatic heterocycles. The smallest absolute Gasteiger partial charge is 0.132 e. The van der Waals surface area contributed by atoms with Crippen molar-refractivity contribution in [1.82, 2.24) is 4.90 Å². The van der Waals surface area contributed by atoms with Crippen LogP contribution >= 0.6 is 0 Å². The Morgan fingerprint density at radius 2 is 1.68 bits per heavy atom. The van der Waals surface area contributed by atoms with E-state index in [0.29, 0.717) is 32.1 Å². The van der Waals surface area contributed by atoms with E-state index < -0.39 is 24.4 Å². The number of aliphatic hydroxyl groups excluding tert-OH is 5. The van der Waals surface area contributed by atoms with Crippen molar-refractivity contribution < 1.29 is 30.3 Å². The predicted molar refractivity (Wildman–Crippen MR) is 92.0 cm³/mol. The fourth-order valence-electron chi connectivity index (χ4n) is 4.38. The zero-order valence-electron chi connectivity index (χ0n) is 14.8. The summed E-state index contributed by atoms with van der Waals surface area (Å²) in [6.45, 7) is -0.114. The molecule has 5 N–H and O–H groups in total. The average molecular weight is 359 g/mol. The second-order valence-electron chi connectivity index (χ2n) is 7.42. The van der Waals surface area contributed by atoms with Gasteiger partial charge in [-0.15, -0.1) is 0 Å². The van der Waals surface area contributed by atoms with E-state index in [1.54, 1.807) is 0 Å². The number of unbranched alkanes of at least 4 members (excludes halogenated alkanes) is 2. The Bertz CT molecular complexity index is 418. The Balaban J connectivity index is 1.72. The van der Waals surface area contributed by atoms with Crippen LogP contribution in [0.4, 0.5) is 0 Å². The second-order valence-corrected chi connectivity index (χ2v) is 7.42. The van der Waals surface area contributed by atoms with Crippen molar-refractivity contribution in [3.8, 4) is 0 Å². The molecule has 0 spiro atoms. The van der Waals surface area contributed by atoms with Crippen molar-refractivity contribution >= 4 is 5.78 Å². The zero-order valence-corrected chi connectivity index (χ0v) is 14.8. The van der Waals surface area contributed by atoms with Crippen LogP contribution in [0.1, 0.15) is 57.8 Å². The van der Waals surface area contributed by atoms with Gasteiger partial charge in [-0.25, -0.2) is 0 Å². The van der Waals surface area contributed by atoms with E-state index in [-0.39, 0.29) is 31.1 Å². The first kappa shape index (κ1) is 20.7. The van der Waals surface area contributed by atoms with Crippen molar-refractivity contribution in [3.63, 3.8) is 0 Å². The van der Waals surface area contributed by atoms with Gasteiger partial charge in [0, 0.05) is 31.5 Å². The summed E-state index contributed by atoms with van der Waals surface area (Å²) in [5.74, 6) is 0.204. The number of carbonyl (C=O) groups is 1. The van der Waals surface area contributed by atoms with Gasteiger partial charge in [-0.05, 0) is 38.5 Å². The predicted octanol–water partition coefficient (Wildman–Crippen LogP) is -0.431. The molecule has 2 saturated heterocycles. The summed E-state index contributed by atoms with van der Waals surface area (Å²) < 4.78 is 0. The lowest BCUT2D eigenvalue weighted by Gasteiger charge is -2.33. The Labute approximate surface area is 149 Å². The van der Waals surface area contributed by atoms with Gasteiger partial charge < -0.3 is 25.5 Å². The van der Waals surface area contributed by atoms with Crippen LogP contribution in [0.15, 0.2) is 0 Å². The molecule has 0 aromatic carbocycles. The minimum absolute atomic E-state index is 0.122. The Kier molecular flexibility index (Phi) is 8.25. The van der Waals surface area contributed by atoms with Crippen LogP contribution in [0.5, 0.6) is 0 Å². The highest BCUT2D eigenvalue weighted by molar-refractivity contribution is 5.78. The van der Waals surface area contributed by atoms with Crippen molar-refractivity contribution in [2.45, 2.75) is 94.2 Å². The van der Waals surface area contributed by atoms with E-state index in [2.05, 4.69) is 0 Å². The maximum Gasteiger partial charge on any atom is 0.132 e. The van der Waals surface area contributed by atoms with Crippen molar-refractivity contribution in [3.05, 3.63) is 0 Å². The molecule has 0 radical (unpaired) electrons. The molecule has 2 aliphatic heterocycles. The summed E-state index contributed by atoms with van der Waals surface area (Å²) in [5, 5.41) is 48.9. The number of aliphatic hydroxyl groups is 5. The molecule has 0 aliphatic carbocycles. The van der Waals surface area contributed by atoms with Crippen LogP contribution in [0.2, 0.25) is 0 Å². The van der Waals surface area contributed by atoms with E-state index in [1.165, 1.54) is 0 Å². The van der Waals surface area contributed by atoms with Gasteiger partial charge in [-0.2, -0.15) is 0 Å². The minimum atomic E-state index is -0.971. The molecule has 0 bridgehead atoms. The summed E-state index contributed by atoms with van der Waals surface area (Å²) in [6.07, 6.45) is 3.48. The normalized spacial score (nSPS) is 33.6. The first-order valence-electron chi connectivity index (χ1n) is 9.56. The molecule has 0 amide bonds. The highest BCUT2D eigenvalue weighted by Crippen LogP contribution is 2.39. The molecule has 2 heterocycles. The monoisotopic (exact) mass is 359 g/mol. The van der Waals surface area contributed by atoms with Gasteiger partial charge in [0.05, 0.1) is 31.0 Å². The fourth-order valence-corrected chi connectivity index (χ4v) is 4.38. The standard InChI is InChI=1S/C18H33NO6/c20-10-4-3-6-12(22)5-1-2-7-16(23)13-8-9-14-17(24)18(25)15(11-21)19(13)14/h13-18,20-21,23-25H,1-11H2/t13-,14+,15+,16+,17+,18+/m0/s1. The van der Waals surface area contributed by atoms with Crippen LogP contribution in [0, 0.1) is 0 Å². The number of carbonyl (C=O) groups excluding carboxylic acids is 1. The molecule has 6 atom stereocenters. The van der Waals surface area contributed by atoms with Gasteiger partial charge in [-0.1, -0.05) is 6.42 Å². The third-order valence-corrected chi connectivity index (χ3v) is 5.75. The van der Waals surface area contributed by atoms with Crippen molar-refractivity contribution in [2.75, 3.05) is 13.2 Å². The van der Waals surface area contributed by atoms with Gasteiger partial charge in [0.1, 0.15) is 5.78 Å². The Hall–Kier alpha value is -0.570. The maximum atomic E-state index is 11.7. The summed E-state index contributed by atoms with van der Waals surface area (Å²) >= 11 is 0. The average Bonchev–Trinajstić information content (AvgIpc) is 3.12. The molecule has 7 nitrogen and oxygen atoms in total. The topological polar surface area (TPSA) is 121 Å². The highest BCUT2D eigenvalue weighted by atomic mass is 16.3. The molecule has 0 unspecified atom stereocenters. The van der Waals surface area contributed by atoms with Gasteiger partial charge in [0.2, 0.25) is 0 Å². The van der Waals surface area contributed by atoms with Crippen molar-refractivity contribution in [1.29, 1.82) is 0 Å². The first-order valence-corrected chi connectivity index (χ1v) is 9.56. The van der Waals surface area contributed by atoms with Crippen LogP contribution in [-0.2, 0) is 4.79 Å². The number of nitrogens with zero attached hydrogens (tertiary/aromatic N) is 1. The lowest BCUT2D eigenvalue weighted by atomic mass is 9.98. The van der Waals surface area contributed by atoms with Gasteiger partial charge in [0.25, 0.3) is 0 Å². The third-order valence-electron chi connectivity index (χ3n) is 5.75. The SMILES string of the molecule is O=C(CCCCO)CCCC[C@@H](O)[C@@H]1CC[C@@H]2[C@@H](O)[C@H](O)[C@@H](CO)N21. The highest BCUT2D eigenvalue weighted by Gasteiger charge is 2.54. The van der Waals surface area contributed by atoms with Crippen LogP contribution in [-0.4, -0.2) is 85.9 Å². The summed E-state index contributed by atoms with van der Waals surface area (Å²) in [5.41, 5.74) is 0. The molecule has 146 valence electrons. The molecule has 2 rings (SSSR count). The lowest BCUT2D eigenvalue weighted by Crippen LogP contribution is -2.48. The van der Waals surface area contributed by atoms with Crippen LogP contribution in [0.25, 0.3) is 0 Å². The number of fused-ring (bicyclic) bond motifs is 1. The van der Waals surface area contributed by atoms with E-state index in [1.807, 2.05) is 4.90 Å². The number of Topliss-reactive ketones (excluding diaryl/α,β-unsaturated/α-hetero) is 1. The number of ketones is 1. The molecule has 0 saturated carbocycles. The minimum Gasteiger partial charge on any atom is -0.396 e. The molecule has 7 heteroatoms. The second kappa shape index (κ2) is 9.94. The molecular formula is C18H33NO6. The molecule has 0 aromatic rings. The number of hydrogen-bond acceptors (Lipinski definition) is 7. The van der Waals surface area contributed by atoms with E-state index in [9.17, 15) is 25.2 Å². The zero-order chi connectivity index (χ0) is 18.4. The molecule has 25 heavy (non-hydrogen) atoms. The van der Waals surface area contributed by atoms with E-state index >= 15 is 0 Å². The van der Waals surface area contributed by atoms with Crippen LogP contribution in [0.3, 0.4) is 0 Å². The van der Waals surface area contributed by atoms with Gasteiger partial charge in [0.15, 0.2) is 0 Å². The Morgan fingerprint density at radius 1 is 1.00 bits per heavy atom. The molecule has 2 fully saturated rings. The van der Waals surface area contributed by atoms with E-state index in [4.69, 9.17) is 5.11 Å². The van der Waals surface area contributed by atoms with Gasteiger partial charge >= 0.3 is 0 Å². The summed E-state index contributed by atoms with van der Waals surface area (Å²) in [7, 11) is 0. The largest absolute Gasteiger partial charge is 0.396 e. The van der Waals surface area contributed by atoms with Crippen molar-refractivity contribution in [2.24, 2.45) is 0 Å². The third kappa shape index (κ3) is 4.99. The quantitative estimate of drug-likeness (QED) is 0.317. The molecule has 2 aliphatic rings. The number of hydrogen-bond donors (Lipinski definition) is 5. The van der Waals surface area contributed by atoms with Gasteiger partial charge in [-0.3, -0.25) is 9.69 Å². The van der Waals surface area contributed by atoms with Crippen LogP contribution < -0.4 is 0 Å². The lowest BCUT2D eigenvalue weighted by molar-refractivity contribution is -0.119. The maximum absolute atomic E-state index is 11.7. The Morgan fingerprint density at radius 3 is 2.32 bits per heavy atom. The number of rotatable bonds is 11.